The molecule has 0 aliphatic heterocycles. The first-order valence-corrected chi connectivity index (χ1v) is 6.27. The van der Waals surface area contributed by atoms with Crippen LogP contribution in [0.2, 0.25) is 0 Å². The molecule has 3 heteroatoms. The van der Waals surface area contributed by atoms with Crippen molar-refractivity contribution in [3.63, 3.8) is 0 Å². The van der Waals surface area contributed by atoms with Crippen molar-refractivity contribution in [2.75, 3.05) is 7.05 Å². The average Bonchev–Trinajstić information content (AvgIpc) is 2.61. The summed E-state index contributed by atoms with van der Waals surface area (Å²) >= 11 is 0. The average molecular weight is 243 g/mol. The van der Waals surface area contributed by atoms with Gasteiger partial charge in [0.25, 0.3) is 0 Å². The van der Waals surface area contributed by atoms with Gasteiger partial charge >= 0.3 is 0 Å². The summed E-state index contributed by atoms with van der Waals surface area (Å²) in [4.78, 5) is 0. The van der Waals surface area contributed by atoms with Crippen LogP contribution in [0, 0.1) is 20.8 Å². The van der Waals surface area contributed by atoms with Crippen LogP contribution in [0.4, 0.5) is 0 Å². The summed E-state index contributed by atoms with van der Waals surface area (Å²) in [5.41, 5.74) is 6.34. The molecule has 0 bridgehead atoms. The number of nitrogens with zero attached hydrogens (tertiary/aromatic N) is 2. The molecule has 96 valence electrons. The zero-order chi connectivity index (χ0) is 13.3. The smallest absolute Gasteiger partial charge is 0.0608 e. The van der Waals surface area contributed by atoms with Crippen LogP contribution in [0.1, 0.15) is 34.0 Å². The third-order valence-corrected chi connectivity index (χ3v) is 3.45. The summed E-state index contributed by atoms with van der Waals surface area (Å²) in [6.07, 6.45) is 1.95. The molecule has 1 unspecified atom stereocenters. The van der Waals surface area contributed by atoms with Gasteiger partial charge in [0.2, 0.25) is 0 Å². The summed E-state index contributed by atoms with van der Waals surface area (Å²) in [7, 11) is 3.97. The van der Waals surface area contributed by atoms with E-state index in [4.69, 9.17) is 0 Å². The Labute approximate surface area is 109 Å². The van der Waals surface area contributed by atoms with Gasteiger partial charge in [0.05, 0.1) is 12.2 Å². The maximum absolute atomic E-state index is 4.33. The monoisotopic (exact) mass is 243 g/mol. The number of benzene rings is 1. The molecule has 0 spiro atoms. The Hall–Kier alpha value is -1.61. The molecule has 1 aromatic heterocycles. The van der Waals surface area contributed by atoms with Crippen molar-refractivity contribution in [1.82, 2.24) is 15.1 Å². The molecule has 2 aromatic rings. The molecule has 0 aliphatic rings. The van der Waals surface area contributed by atoms with Crippen molar-refractivity contribution in [2.24, 2.45) is 7.05 Å². The Morgan fingerprint density at radius 2 is 1.72 bits per heavy atom. The fraction of sp³-hybridized carbons (Fsp3) is 0.400. The maximum atomic E-state index is 4.33. The lowest BCUT2D eigenvalue weighted by molar-refractivity contribution is 0.678. The van der Waals surface area contributed by atoms with Crippen LogP contribution in [-0.2, 0) is 7.05 Å². The second-order valence-electron chi connectivity index (χ2n) is 4.95. The van der Waals surface area contributed by atoms with E-state index in [1.54, 1.807) is 0 Å². The Bertz CT molecular complexity index is 535. The van der Waals surface area contributed by atoms with Crippen LogP contribution < -0.4 is 5.32 Å². The minimum Gasteiger partial charge on any atom is -0.309 e. The van der Waals surface area contributed by atoms with E-state index in [9.17, 15) is 0 Å². The zero-order valence-corrected chi connectivity index (χ0v) is 11.8. The first-order chi connectivity index (χ1) is 8.52. The normalized spacial score (nSPS) is 12.7. The third kappa shape index (κ3) is 2.31. The molecule has 1 atom stereocenters. The fourth-order valence-corrected chi connectivity index (χ4v) is 2.48. The van der Waals surface area contributed by atoms with Crippen molar-refractivity contribution < 1.29 is 0 Å². The fourth-order valence-electron chi connectivity index (χ4n) is 2.48. The number of rotatable bonds is 3. The number of aryl methyl sites for hydroxylation is 3. The second kappa shape index (κ2) is 4.94. The van der Waals surface area contributed by atoms with Crippen molar-refractivity contribution >= 4 is 0 Å². The van der Waals surface area contributed by atoms with Gasteiger partial charge in [0, 0.05) is 18.3 Å². The van der Waals surface area contributed by atoms with Gasteiger partial charge in [-0.15, -0.1) is 0 Å². The minimum absolute atomic E-state index is 0.206. The van der Waals surface area contributed by atoms with Crippen LogP contribution in [0.15, 0.2) is 24.4 Å². The molecule has 3 nitrogen and oxygen atoms in total. The molecule has 0 fully saturated rings. The SMILES string of the molecule is CNC(c1cc(C)cc(C)c1)c1cnn(C)c1C. The van der Waals surface area contributed by atoms with Crippen LogP contribution in [0.5, 0.6) is 0 Å². The molecule has 1 N–H and O–H groups in total. The molecule has 0 saturated heterocycles. The lowest BCUT2D eigenvalue weighted by Gasteiger charge is -2.18. The van der Waals surface area contributed by atoms with Gasteiger partial charge in [-0.25, -0.2) is 0 Å². The van der Waals surface area contributed by atoms with Crippen LogP contribution in [-0.4, -0.2) is 16.8 Å². The quantitative estimate of drug-likeness (QED) is 0.898. The molecule has 1 heterocycles. The summed E-state index contributed by atoms with van der Waals surface area (Å²) in [6, 6.07) is 6.88. The highest BCUT2D eigenvalue weighted by atomic mass is 15.3. The first kappa shape index (κ1) is 12.8. The van der Waals surface area contributed by atoms with Crippen molar-refractivity contribution in [2.45, 2.75) is 26.8 Å². The third-order valence-electron chi connectivity index (χ3n) is 3.45. The van der Waals surface area contributed by atoms with Gasteiger partial charge in [-0.2, -0.15) is 5.10 Å². The van der Waals surface area contributed by atoms with E-state index < -0.39 is 0 Å². The Morgan fingerprint density at radius 1 is 1.11 bits per heavy atom. The standard InChI is InChI=1S/C15H21N3/c1-10-6-11(2)8-13(7-10)15(16-4)14-9-17-18(5)12(14)3/h6-9,15-16H,1-5H3. The molecule has 0 amide bonds. The lowest BCUT2D eigenvalue weighted by Crippen LogP contribution is -2.18. The van der Waals surface area contributed by atoms with E-state index in [0.29, 0.717) is 0 Å². The van der Waals surface area contributed by atoms with E-state index in [2.05, 4.69) is 49.4 Å². The Morgan fingerprint density at radius 3 is 2.17 bits per heavy atom. The van der Waals surface area contributed by atoms with E-state index in [1.165, 1.54) is 27.9 Å². The van der Waals surface area contributed by atoms with E-state index in [1.807, 2.05) is 25.0 Å². The molecule has 18 heavy (non-hydrogen) atoms. The zero-order valence-electron chi connectivity index (χ0n) is 11.8. The van der Waals surface area contributed by atoms with Crippen molar-refractivity contribution in [1.29, 1.82) is 0 Å². The molecule has 2 rings (SSSR count). The van der Waals surface area contributed by atoms with Crippen LogP contribution in [0.25, 0.3) is 0 Å². The van der Waals surface area contributed by atoms with Gasteiger partial charge in [-0.1, -0.05) is 29.3 Å². The van der Waals surface area contributed by atoms with Gasteiger partial charge in [0.15, 0.2) is 0 Å². The summed E-state index contributed by atoms with van der Waals surface area (Å²) in [6.45, 7) is 6.38. The summed E-state index contributed by atoms with van der Waals surface area (Å²) < 4.78 is 1.92. The number of hydrogen-bond acceptors (Lipinski definition) is 2. The maximum Gasteiger partial charge on any atom is 0.0608 e. The largest absolute Gasteiger partial charge is 0.309 e. The highest BCUT2D eigenvalue weighted by Crippen LogP contribution is 2.25. The predicted molar refractivity (Wildman–Crippen MR) is 74.8 cm³/mol. The molecule has 0 radical (unpaired) electrons. The van der Waals surface area contributed by atoms with Gasteiger partial charge in [-0.3, -0.25) is 4.68 Å². The van der Waals surface area contributed by atoms with Gasteiger partial charge in [0.1, 0.15) is 0 Å². The van der Waals surface area contributed by atoms with E-state index in [0.717, 1.165) is 0 Å². The lowest BCUT2D eigenvalue weighted by atomic mass is 9.96. The van der Waals surface area contributed by atoms with Crippen LogP contribution >= 0.6 is 0 Å². The molecule has 0 aliphatic carbocycles. The first-order valence-electron chi connectivity index (χ1n) is 6.27. The predicted octanol–water partition coefficient (Wildman–Crippen LogP) is 2.65. The molecular weight excluding hydrogens is 222 g/mol. The number of nitrogens with one attached hydrogen (secondary N) is 1. The number of hydrogen-bond donors (Lipinski definition) is 1. The summed E-state index contributed by atoms with van der Waals surface area (Å²) in [5, 5.41) is 7.72. The van der Waals surface area contributed by atoms with E-state index in [-0.39, 0.29) is 6.04 Å². The topological polar surface area (TPSA) is 29.9 Å². The van der Waals surface area contributed by atoms with Gasteiger partial charge < -0.3 is 5.32 Å². The molecule has 1 aromatic carbocycles. The Balaban J connectivity index is 2.48. The molecule has 0 saturated carbocycles. The van der Waals surface area contributed by atoms with Gasteiger partial charge in [-0.05, 0) is 33.4 Å². The van der Waals surface area contributed by atoms with Crippen molar-refractivity contribution in [3.05, 3.63) is 52.3 Å². The summed E-state index contributed by atoms with van der Waals surface area (Å²) in [5.74, 6) is 0. The highest BCUT2D eigenvalue weighted by molar-refractivity contribution is 5.37. The second-order valence-corrected chi connectivity index (χ2v) is 4.95. The van der Waals surface area contributed by atoms with Crippen molar-refractivity contribution in [3.8, 4) is 0 Å². The molecular formula is C15H21N3. The van der Waals surface area contributed by atoms with E-state index >= 15 is 0 Å². The Kier molecular flexibility index (Phi) is 3.53. The minimum atomic E-state index is 0.206. The van der Waals surface area contributed by atoms with Crippen LogP contribution in [0.3, 0.4) is 0 Å². The number of aromatic nitrogens is 2. The highest BCUT2D eigenvalue weighted by Gasteiger charge is 2.17.